The van der Waals surface area contributed by atoms with Gasteiger partial charge in [0.15, 0.2) is 5.78 Å². The van der Waals surface area contributed by atoms with E-state index in [2.05, 4.69) is 10.6 Å². The summed E-state index contributed by atoms with van der Waals surface area (Å²) in [7, 11) is 0. The van der Waals surface area contributed by atoms with E-state index < -0.39 is 12.1 Å². The second-order valence-corrected chi connectivity index (χ2v) is 6.73. The van der Waals surface area contributed by atoms with Gasteiger partial charge in [0.05, 0.1) is 12.6 Å². The Labute approximate surface area is 155 Å². The van der Waals surface area contributed by atoms with Crippen molar-refractivity contribution in [3.8, 4) is 0 Å². The van der Waals surface area contributed by atoms with Crippen molar-refractivity contribution in [1.29, 1.82) is 0 Å². The lowest BCUT2D eigenvalue weighted by molar-refractivity contribution is -0.126. The molecule has 0 saturated carbocycles. The van der Waals surface area contributed by atoms with E-state index in [9.17, 15) is 14.4 Å². The molecular weight excluding hydrogens is 332 g/mol. The van der Waals surface area contributed by atoms with Gasteiger partial charge < -0.3 is 15.4 Å². The van der Waals surface area contributed by atoms with E-state index in [-0.39, 0.29) is 30.8 Å². The SMILES string of the molecule is CCCCC(=O)NCC(=O)[C@H](CC(C)C)NC(=O)OCc1ccccc1. The highest BCUT2D eigenvalue weighted by Crippen LogP contribution is 2.07. The number of ether oxygens (including phenoxy) is 1. The number of alkyl carbamates (subject to hydrolysis) is 1. The molecule has 1 rings (SSSR count). The number of amides is 2. The minimum Gasteiger partial charge on any atom is -0.445 e. The maximum atomic E-state index is 12.4. The van der Waals surface area contributed by atoms with Gasteiger partial charge in [-0.15, -0.1) is 0 Å². The van der Waals surface area contributed by atoms with Crippen molar-refractivity contribution in [3.63, 3.8) is 0 Å². The number of rotatable bonds is 11. The summed E-state index contributed by atoms with van der Waals surface area (Å²) >= 11 is 0. The third-order valence-corrected chi connectivity index (χ3v) is 3.82. The first-order chi connectivity index (χ1) is 12.4. The molecule has 2 N–H and O–H groups in total. The van der Waals surface area contributed by atoms with Gasteiger partial charge in [-0.3, -0.25) is 9.59 Å². The second-order valence-electron chi connectivity index (χ2n) is 6.73. The molecule has 6 nitrogen and oxygen atoms in total. The highest BCUT2D eigenvalue weighted by atomic mass is 16.5. The molecule has 2 amide bonds. The van der Waals surface area contributed by atoms with Crippen LogP contribution in [0.5, 0.6) is 0 Å². The van der Waals surface area contributed by atoms with E-state index in [1.807, 2.05) is 51.1 Å². The van der Waals surface area contributed by atoms with Gasteiger partial charge in [-0.1, -0.05) is 57.5 Å². The summed E-state index contributed by atoms with van der Waals surface area (Å²) in [4.78, 5) is 36.1. The van der Waals surface area contributed by atoms with Crippen LogP contribution in [0.2, 0.25) is 0 Å². The first-order valence-corrected chi connectivity index (χ1v) is 9.19. The average molecular weight is 362 g/mol. The van der Waals surface area contributed by atoms with Crippen molar-refractivity contribution in [2.24, 2.45) is 5.92 Å². The number of hydrogen-bond acceptors (Lipinski definition) is 4. The van der Waals surface area contributed by atoms with Crippen molar-refractivity contribution in [1.82, 2.24) is 10.6 Å². The van der Waals surface area contributed by atoms with Crippen LogP contribution in [-0.2, 0) is 20.9 Å². The van der Waals surface area contributed by atoms with Gasteiger partial charge in [0, 0.05) is 6.42 Å². The molecule has 26 heavy (non-hydrogen) atoms. The van der Waals surface area contributed by atoms with Crippen LogP contribution in [0.4, 0.5) is 4.79 Å². The molecule has 0 aliphatic heterocycles. The predicted molar refractivity (Wildman–Crippen MR) is 101 cm³/mol. The molecule has 0 radical (unpaired) electrons. The predicted octanol–water partition coefficient (Wildman–Crippen LogP) is 3.20. The van der Waals surface area contributed by atoms with Crippen LogP contribution in [-0.4, -0.2) is 30.4 Å². The molecule has 1 aromatic rings. The molecule has 6 heteroatoms. The zero-order valence-corrected chi connectivity index (χ0v) is 15.9. The molecule has 0 fully saturated rings. The smallest absolute Gasteiger partial charge is 0.408 e. The van der Waals surface area contributed by atoms with Crippen molar-refractivity contribution < 1.29 is 19.1 Å². The number of unbranched alkanes of at least 4 members (excludes halogenated alkanes) is 1. The summed E-state index contributed by atoms with van der Waals surface area (Å²) in [5.41, 5.74) is 0.873. The third kappa shape index (κ3) is 9.20. The van der Waals surface area contributed by atoms with Crippen molar-refractivity contribution in [2.45, 2.75) is 59.1 Å². The van der Waals surface area contributed by atoms with E-state index in [1.165, 1.54) is 0 Å². The Morgan fingerprint density at radius 1 is 1.12 bits per heavy atom. The summed E-state index contributed by atoms with van der Waals surface area (Å²) in [6.45, 7) is 6.00. The second kappa shape index (κ2) is 12.1. The van der Waals surface area contributed by atoms with Crippen molar-refractivity contribution in [3.05, 3.63) is 35.9 Å². The molecule has 0 aromatic heterocycles. The van der Waals surface area contributed by atoms with Crippen LogP contribution in [0.15, 0.2) is 30.3 Å². The maximum Gasteiger partial charge on any atom is 0.408 e. The van der Waals surface area contributed by atoms with Crippen LogP contribution in [0.3, 0.4) is 0 Å². The zero-order chi connectivity index (χ0) is 19.4. The van der Waals surface area contributed by atoms with Gasteiger partial charge >= 0.3 is 6.09 Å². The Balaban J connectivity index is 2.49. The maximum absolute atomic E-state index is 12.4. The normalized spacial score (nSPS) is 11.7. The van der Waals surface area contributed by atoms with Gasteiger partial charge in [-0.2, -0.15) is 0 Å². The Kier molecular flexibility index (Phi) is 10.1. The van der Waals surface area contributed by atoms with Crippen LogP contribution >= 0.6 is 0 Å². The number of nitrogens with one attached hydrogen (secondary N) is 2. The van der Waals surface area contributed by atoms with Crippen LogP contribution in [0.1, 0.15) is 52.0 Å². The van der Waals surface area contributed by atoms with Gasteiger partial charge in [0.1, 0.15) is 6.61 Å². The highest BCUT2D eigenvalue weighted by Gasteiger charge is 2.22. The zero-order valence-electron chi connectivity index (χ0n) is 15.9. The number of hydrogen-bond donors (Lipinski definition) is 2. The van der Waals surface area contributed by atoms with E-state index in [0.717, 1.165) is 18.4 Å². The van der Waals surface area contributed by atoms with Crippen molar-refractivity contribution >= 4 is 17.8 Å². The molecule has 1 aromatic carbocycles. The van der Waals surface area contributed by atoms with Gasteiger partial charge in [0.2, 0.25) is 5.91 Å². The molecule has 0 unspecified atom stereocenters. The first-order valence-electron chi connectivity index (χ1n) is 9.19. The van der Waals surface area contributed by atoms with E-state index >= 15 is 0 Å². The van der Waals surface area contributed by atoms with Gasteiger partial charge in [-0.25, -0.2) is 4.79 Å². The van der Waals surface area contributed by atoms with Gasteiger partial charge in [0.25, 0.3) is 0 Å². The van der Waals surface area contributed by atoms with Gasteiger partial charge in [-0.05, 0) is 24.3 Å². The number of carbonyl (C=O) groups is 3. The van der Waals surface area contributed by atoms with Crippen LogP contribution in [0.25, 0.3) is 0 Å². The summed E-state index contributed by atoms with van der Waals surface area (Å²) in [6, 6.07) is 8.65. The summed E-state index contributed by atoms with van der Waals surface area (Å²) < 4.78 is 5.18. The minimum atomic E-state index is -0.676. The highest BCUT2D eigenvalue weighted by molar-refractivity contribution is 5.91. The minimum absolute atomic E-state index is 0.0844. The monoisotopic (exact) mass is 362 g/mol. The Morgan fingerprint density at radius 2 is 1.81 bits per heavy atom. The molecule has 1 atom stereocenters. The fourth-order valence-electron chi connectivity index (χ4n) is 2.38. The molecule has 0 bridgehead atoms. The molecule has 0 saturated heterocycles. The van der Waals surface area contributed by atoms with E-state index in [1.54, 1.807) is 0 Å². The topological polar surface area (TPSA) is 84.5 Å². The number of Topliss-reactive ketones (excluding diaryl/α,β-unsaturated/α-hetero) is 1. The molecule has 0 aliphatic carbocycles. The molecule has 0 heterocycles. The van der Waals surface area contributed by atoms with Crippen LogP contribution in [0, 0.1) is 5.92 Å². The lowest BCUT2D eigenvalue weighted by atomic mass is 10.0. The molecule has 0 aliphatic rings. The van der Waals surface area contributed by atoms with Crippen molar-refractivity contribution in [2.75, 3.05) is 6.54 Å². The van der Waals surface area contributed by atoms with Crippen LogP contribution < -0.4 is 10.6 Å². The Bertz CT molecular complexity index is 572. The number of carbonyl (C=O) groups excluding carboxylic acids is 3. The Hall–Kier alpha value is -2.37. The molecule has 144 valence electrons. The molecule has 0 spiro atoms. The lowest BCUT2D eigenvalue weighted by Gasteiger charge is -2.19. The quantitative estimate of drug-likeness (QED) is 0.633. The standard InChI is InChI=1S/C20H30N2O4/c1-4-5-11-19(24)21-13-18(23)17(12-15(2)3)22-20(25)26-14-16-9-7-6-8-10-16/h6-10,15,17H,4-5,11-14H2,1-3H3,(H,21,24)(H,22,25)/t17-/m0/s1. The largest absolute Gasteiger partial charge is 0.445 e. The fourth-order valence-corrected chi connectivity index (χ4v) is 2.38. The Morgan fingerprint density at radius 3 is 2.42 bits per heavy atom. The summed E-state index contributed by atoms with van der Waals surface area (Å²) in [5.74, 6) is -0.149. The number of benzene rings is 1. The first kappa shape index (κ1) is 21.7. The third-order valence-electron chi connectivity index (χ3n) is 3.82. The van der Waals surface area contributed by atoms with E-state index in [0.29, 0.717) is 12.8 Å². The lowest BCUT2D eigenvalue weighted by Crippen LogP contribution is -2.46. The summed E-state index contributed by atoms with van der Waals surface area (Å²) in [6.07, 6.45) is 1.98. The average Bonchev–Trinajstić information content (AvgIpc) is 2.62. The van der Waals surface area contributed by atoms with E-state index in [4.69, 9.17) is 4.74 Å². The molecular formula is C20H30N2O4. The summed E-state index contributed by atoms with van der Waals surface area (Å²) in [5, 5.41) is 5.24. The number of ketones is 1. The fraction of sp³-hybridized carbons (Fsp3) is 0.550.